The summed E-state index contributed by atoms with van der Waals surface area (Å²) in [6.45, 7) is 1.89. The molecule has 14 heavy (non-hydrogen) atoms. The third kappa shape index (κ3) is 1.62. The van der Waals surface area contributed by atoms with E-state index in [1.54, 1.807) is 6.20 Å². The van der Waals surface area contributed by atoms with Crippen molar-refractivity contribution in [2.24, 2.45) is 0 Å². The molecular formula is C9H10N4O. The van der Waals surface area contributed by atoms with Crippen LogP contribution in [0.2, 0.25) is 0 Å². The molecule has 0 spiro atoms. The summed E-state index contributed by atoms with van der Waals surface area (Å²) >= 11 is 0. The van der Waals surface area contributed by atoms with E-state index >= 15 is 0 Å². The van der Waals surface area contributed by atoms with Gasteiger partial charge in [-0.15, -0.1) is 0 Å². The first kappa shape index (κ1) is 8.83. The first-order chi connectivity index (χ1) is 6.77. The summed E-state index contributed by atoms with van der Waals surface area (Å²) in [5.41, 5.74) is 1.62. The van der Waals surface area contributed by atoms with Crippen LogP contribution >= 0.6 is 0 Å². The molecule has 72 valence electrons. The number of rotatable bonds is 2. The first-order valence-electron chi connectivity index (χ1n) is 4.23. The summed E-state index contributed by atoms with van der Waals surface area (Å²) < 4.78 is 0. The Balaban J connectivity index is 2.28. The van der Waals surface area contributed by atoms with Gasteiger partial charge < -0.3 is 5.11 Å². The van der Waals surface area contributed by atoms with Crippen LogP contribution in [-0.4, -0.2) is 25.3 Å². The molecule has 0 bridgehead atoms. The van der Waals surface area contributed by atoms with E-state index in [4.69, 9.17) is 0 Å². The molecular weight excluding hydrogens is 180 g/mol. The van der Waals surface area contributed by atoms with Gasteiger partial charge in [0.05, 0.1) is 0 Å². The van der Waals surface area contributed by atoms with Crippen LogP contribution in [0, 0.1) is 6.92 Å². The van der Waals surface area contributed by atoms with Gasteiger partial charge in [0.1, 0.15) is 12.4 Å². The number of aliphatic hydroxyl groups excluding tert-OH is 1. The summed E-state index contributed by atoms with van der Waals surface area (Å²) in [5, 5.41) is 16.1. The summed E-state index contributed by atoms with van der Waals surface area (Å²) in [7, 11) is 0. The molecule has 0 radical (unpaired) electrons. The molecule has 2 N–H and O–H groups in total. The minimum atomic E-state index is -0.786. The lowest BCUT2D eigenvalue weighted by molar-refractivity contribution is 0.210. The molecule has 0 aliphatic rings. The van der Waals surface area contributed by atoms with Crippen molar-refractivity contribution in [3.63, 3.8) is 0 Å². The lowest BCUT2D eigenvalue weighted by atomic mass is 10.1. The number of aromatic amines is 1. The highest BCUT2D eigenvalue weighted by Gasteiger charge is 2.12. The zero-order valence-electron chi connectivity index (χ0n) is 7.68. The smallest absolute Gasteiger partial charge is 0.157 e. The van der Waals surface area contributed by atoms with Gasteiger partial charge in [-0.05, 0) is 13.0 Å². The van der Waals surface area contributed by atoms with E-state index in [2.05, 4.69) is 20.2 Å². The molecule has 0 saturated heterocycles. The van der Waals surface area contributed by atoms with Gasteiger partial charge >= 0.3 is 0 Å². The number of hydrogen-bond donors (Lipinski definition) is 2. The van der Waals surface area contributed by atoms with Gasteiger partial charge in [0.15, 0.2) is 5.82 Å². The number of nitrogens with zero attached hydrogens (tertiary/aromatic N) is 3. The Bertz CT molecular complexity index is 395. The lowest BCUT2D eigenvalue weighted by Crippen LogP contribution is -2.02. The van der Waals surface area contributed by atoms with Crippen molar-refractivity contribution >= 4 is 0 Å². The third-order valence-electron chi connectivity index (χ3n) is 1.94. The van der Waals surface area contributed by atoms with Gasteiger partial charge in [0, 0.05) is 17.5 Å². The SMILES string of the molecule is Cc1ccc(C(O)c2ncn[nH]2)cn1. The average molecular weight is 190 g/mol. The molecule has 5 nitrogen and oxygen atoms in total. The van der Waals surface area contributed by atoms with E-state index in [1.165, 1.54) is 6.33 Å². The van der Waals surface area contributed by atoms with Crippen LogP contribution < -0.4 is 0 Å². The fraction of sp³-hybridized carbons (Fsp3) is 0.222. The summed E-state index contributed by atoms with van der Waals surface area (Å²) in [4.78, 5) is 7.96. The highest BCUT2D eigenvalue weighted by molar-refractivity contribution is 5.20. The zero-order chi connectivity index (χ0) is 9.97. The van der Waals surface area contributed by atoms with Gasteiger partial charge in [0.2, 0.25) is 0 Å². The van der Waals surface area contributed by atoms with Crippen molar-refractivity contribution in [2.45, 2.75) is 13.0 Å². The topological polar surface area (TPSA) is 74.7 Å². The van der Waals surface area contributed by atoms with Crippen LogP contribution in [-0.2, 0) is 0 Å². The second kappa shape index (κ2) is 3.55. The van der Waals surface area contributed by atoms with Crippen LogP contribution in [0.1, 0.15) is 23.2 Å². The molecule has 0 aliphatic carbocycles. The number of aromatic nitrogens is 4. The molecule has 0 saturated carbocycles. The molecule has 1 unspecified atom stereocenters. The summed E-state index contributed by atoms with van der Waals surface area (Å²) in [6, 6.07) is 3.66. The van der Waals surface area contributed by atoms with E-state index in [0.717, 1.165) is 5.69 Å². The van der Waals surface area contributed by atoms with Crippen molar-refractivity contribution in [1.29, 1.82) is 0 Å². The van der Waals surface area contributed by atoms with Gasteiger partial charge in [-0.1, -0.05) is 6.07 Å². The van der Waals surface area contributed by atoms with Crippen molar-refractivity contribution in [3.8, 4) is 0 Å². The van der Waals surface area contributed by atoms with Gasteiger partial charge in [-0.3, -0.25) is 10.1 Å². The second-order valence-corrected chi connectivity index (χ2v) is 3.01. The third-order valence-corrected chi connectivity index (χ3v) is 1.94. The minimum absolute atomic E-state index is 0.427. The van der Waals surface area contributed by atoms with E-state index in [9.17, 15) is 5.11 Å². The van der Waals surface area contributed by atoms with Crippen LogP contribution in [0.15, 0.2) is 24.7 Å². The van der Waals surface area contributed by atoms with Crippen molar-refractivity contribution in [3.05, 3.63) is 41.7 Å². The predicted octanol–water partition coefficient (Wildman–Crippen LogP) is 0.590. The highest BCUT2D eigenvalue weighted by atomic mass is 16.3. The molecule has 0 amide bonds. The number of nitrogens with one attached hydrogen (secondary N) is 1. The number of aliphatic hydroxyl groups is 1. The Morgan fingerprint density at radius 1 is 1.36 bits per heavy atom. The Morgan fingerprint density at radius 2 is 2.21 bits per heavy atom. The fourth-order valence-electron chi connectivity index (χ4n) is 1.15. The van der Waals surface area contributed by atoms with E-state index < -0.39 is 6.10 Å². The quantitative estimate of drug-likeness (QED) is 0.726. The predicted molar refractivity (Wildman–Crippen MR) is 49.4 cm³/mol. The van der Waals surface area contributed by atoms with Crippen molar-refractivity contribution < 1.29 is 5.11 Å². The zero-order valence-corrected chi connectivity index (χ0v) is 7.68. The van der Waals surface area contributed by atoms with Crippen LogP contribution in [0.4, 0.5) is 0 Å². The van der Waals surface area contributed by atoms with Gasteiger partial charge in [-0.2, -0.15) is 5.10 Å². The maximum atomic E-state index is 9.80. The second-order valence-electron chi connectivity index (χ2n) is 3.01. The molecule has 1 atom stereocenters. The Hall–Kier alpha value is -1.75. The van der Waals surface area contributed by atoms with E-state index in [1.807, 2.05) is 19.1 Å². The molecule has 0 fully saturated rings. The maximum Gasteiger partial charge on any atom is 0.157 e. The Kier molecular flexibility index (Phi) is 2.24. The first-order valence-corrected chi connectivity index (χ1v) is 4.23. The molecule has 0 aliphatic heterocycles. The molecule has 0 aromatic carbocycles. The van der Waals surface area contributed by atoms with Gasteiger partial charge in [0.25, 0.3) is 0 Å². The lowest BCUT2D eigenvalue weighted by Gasteiger charge is -2.06. The standard InChI is InChI=1S/C9H10N4O/c1-6-2-3-7(4-10-6)8(14)9-11-5-12-13-9/h2-5,8,14H,1H3,(H,11,12,13). The van der Waals surface area contributed by atoms with Crippen LogP contribution in [0.3, 0.4) is 0 Å². The van der Waals surface area contributed by atoms with Gasteiger partial charge in [-0.25, -0.2) is 4.98 Å². The van der Waals surface area contributed by atoms with Crippen LogP contribution in [0.25, 0.3) is 0 Å². The largest absolute Gasteiger partial charge is 0.380 e. The maximum absolute atomic E-state index is 9.80. The molecule has 5 heteroatoms. The number of hydrogen-bond acceptors (Lipinski definition) is 4. The van der Waals surface area contributed by atoms with E-state index in [-0.39, 0.29) is 0 Å². The molecule has 2 aromatic heterocycles. The number of aryl methyl sites for hydroxylation is 1. The molecule has 2 aromatic rings. The molecule has 2 rings (SSSR count). The van der Waals surface area contributed by atoms with E-state index in [0.29, 0.717) is 11.4 Å². The monoisotopic (exact) mass is 190 g/mol. The fourth-order valence-corrected chi connectivity index (χ4v) is 1.15. The van der Waals surface area contributed by atoms with Crippen molar-refractivity contribution in [1.82, 2.24) is 20.2 Å². The number of H-pyrrole nitrogens is 1. The summed E-state index contributed by atoms with van der Waals surface area (Å²) in [6.07, 6.45) is 2.20. The summed E-state index contributed by atoms with van der Waals surface area (Å²) in [5.74, 6) is 0.427. The number of pyridine rings is 1. The Labute approximate surface area is 80.8 Å². The van der Waals surface area contributed by atoms with Crippen molar-refractivity contribution in [2.75, 3.05) is 0 Å². The molecule has 2 heterocycles. The minimum Gasteiger partial charge on any atom is -0.380 e. The average Bonchev–Trinajstić information content (AvgIpc) is 2.71. The normalized spacial score (nSPS) is 12.7. The van der Waals surface area contributed by atoms with Crippen LogP contribution in [0.5, 0.6) is 0 Å². The highest BCUT2D eigenvalue weighted by Crippen LogP contribution is 2.16. The Morgan fingerprint density at radius 3 is 2.79 bits per heavy atom.